The van der Waals surface area contributed by atoms with Crippen LogP contribution < -0.4 is 20.5 Å². The Bertz CT molecular complexity index is 852. The number of benzene rings is 1. The largest absolute Gasteiger partial charge is 0.497 e. The normalized spacial score (nSPS) is 16.6. The number of fused-ring (bicyclic) bond motifs is 1. The van der Waals surface area contributed by atoms with Crippen molar-refractivity contribution in [2.45, 2.75) is 40.0 Å². The molecule has 1 aliphatic rings. The topological polar surface area (TPSA) is 73.6 Å². The van der Waals surface area contributed by atoms with Gasteiger partial charge in [-0.3, -0.25) is 4.79 Å². The number of ether oxygens (including phenoxy) is 2. The van der Waals surface area contributed by atoms with Crippen LogP contribution in [0.1, 0.15) is 48.0 Å². The van der Waals surface area contributed by atoms with E-state index in [1.54, 1.807) is 43.8 Å². The van der Waals surface area contributed by atoms with Crippen LogP contribution in [-0.4, -0.2) is 20.1 Å². The Morgan fingerprint density at radius 2 is 2.00 bits per heavy atom. The number of nitrogen functional groups attached to an aromatic ring is 1. The summed E-state index contributed by atoms with van der Waals surface area (Å²) in [5.41, 5.74) is 8.82. The summed E-state index contributed by atoms with van der Waals surface area (Å²) in [5, 5.41) is 3.55. The van der Waals surface area contributed by atoms with Gasteiger partial charge in [0.15, 0.2) is 0 Å². The fourth-order valence-electron chi connectivity index (χ4n) is 3.69. The van der Waals surface area contributed by atoms with E-state index in [1.807, 2.05) is 0 Å². The number of carbonyl (C=O) groups is 1. The van der Waals surface area contributed by atoms with Gasteiger partial charge in [-0.2, -0.15) is 0 Å². The van der Waals surface area contributed by atoms with Gasteiger partial charge in [-0.1, -0.05) is 20.8 Å². The fraction of sp³-hybridized carbons (Fsp3) is 0.476. The Morgan fingerprint density at radius 3 is 2.63 bits per heavy atom. The Hall–Kier alpha value is -2.21. The third kappa shape index (κ3) is 3.90. The van der Waals surface area contributed by atoms with E-state index in [-0.39, 0.29) is 11.3 Å². The number of hydrogen-bond acceptors (Lipinski definition) is 5. The second-order valence-corrected chi connectivity index (χ2v) is 9.21. The van der Waals surface area contributed by atoms with E-state index in [9.17, 15) is 4.79 Å². The molecule has 2 aromatic rings. The first-order valence-electron chi connectivity index (χ1n) is 9.18. The molecule has 1 atom stereocenters. The predicted molar refractivity (Wildman–Crippen MR) is 111 cm³/mol. The zero-order chi connectivity index (χ0) is 19.8. The van der Waals surface area contributed by atoms with Crippen molar-refractivity contribution in [2.75, 3.05) is 25.3 Å². The van der Waals surface area contributed by atoms with Crippen LogP contribution in [0.4, 0.5) is 10.7 Å². The molecule has 1 aliphatic carbocycles. The number of nitrogens with two attached hydrogens (primary N) is 1. The number of thiophene rings is 1. The lowest BCUT2D eigenvalue weighted by molar-refractivity contribution is 0.102. The summed E-state index contributed by atoms with van der Waals surface area (Å²) >= 11 is 1.55. The maximum atomic E-state index is 13.0. The number of carbonyl (C=O) groups excluding carboxylic acids is 1. The van der Waals surface area contributed by atoms with E-state index in [0.29, 0.717) is 33.7 Å². The van der Waals surface area contributed by atoms with E-state index >= 15 is 0 Å². The van der Waals surface area contributed by atoms with Gasteiger partial charge >= 0.3 is 0 Å². The van der Waals surface area contributed by atoms with Crippen LogP contribution in [0.2, 0.25) is 0 Å². The fourth-order valence-corrected chi connectivity index (χ4v) is 4.89. The smallest absolute Gasteiger partial charge is 0.259 e. The van der Waals surface area contributed by atoms with Crippen molar-refractivity contribution in [3.05, 3.63) is 34.2 Å². The molecule has 146 valence electrons. The Labute approximate surface area is 164 Å². The zero-order valence-electron chi connectivity index (χ0n) is 16.6. The summed E-state index contributed by atoms with van der Waals surface area (Å²) < 4.78 is 10.6. The number of rotatable bonds is 4. The molecule has 0 aliphatic heterocycles. The van der Waals surface area contributed by atoms with E-state index < -0.39 is 0 Å². The van der Waals surface area contributed by atoms with Crippen LogP contribution in [0.5, 0.6) is 11.5 Å². The van der Waals surface area contributed by atoms with Crippen LogP contribution in [0.25, 0.3) is 0 Å². The molecule has 0 fully saturated rings. The molecule has 1 aromatic heterocycles. The quantitative estimate of drug-likeness (QED) is 0.793. The van der Waals surface area contributed by atoms with Crippen LogP contribution in [0.15, 0.2) is 18.2 Å². The molecule has 0 radical (unpaired) electrons. The number of anilines is 2. The Balaban J connectivity index is 1.88. The van der Waals surface area contributed by atoms with Crippen molar-refractivity contribution in [3.63, 3.8) is 0 Å². The number of amides is 1. The van der Waals surface area contributed by atoms with Crippen molar-refractivity contribution in [3.8, 4) is 11.5 Å². The van der Waals surface area contributed by atoms with Gasteiger partial charge in [0.25, 0.3) is 5.91 Å². The van der Waals surface area contributed by atoms with Crippen LogP contribution in [0.3, 0.4) is 0 Å². The molecule has 1 heterocycles. The molecular weight excluding hydrogens is 360 g/mol. The summed E-state index contributed by atoms with van der Waals surface area (Å²) in [5.74, 6) is 1.65. The second kappa shape index (κ2) is 7.43. The number of methoxy groups -OCH3 is 2. The molecular formula is C21H28N2O3S. The van der Waals surface area contributed by atoms with Crippen molar-refractivity contribution >= 4 is 27.9 Å². The molecule has 5 nitrogen and oxygen atoms in total. The minimum Gasteiger partial charge on any atom is -0.497 e. The Morgan fingerprint density at radius 1 is 1.26 bits per heavy atom. The summed E-state index contributed by atoms with van der Waals surface area (Å²) in [6, 6.07) is 5.32. The highest BCUT2D eigenvalue weighted by atomic mass is 32.1. The molecule has 0 saturated heterocycles. The van der Waals surface area contributed by atoms with Crippen molar-refractivity contribution in [2.24, 2.45) is 11.3 Å². The lowest BCUT2D eigenvalue weighted by Crippen LogP contribution is -2.27. The van der Waals surface area contributed by atoms with Crippen LogP contribution >= 0.6 is 11.3 Å². The van der Waals surface area contributed by atoms with Gasteiger partial charge in [0.2, 0.25) is 0 Å². The first kappa shape index (κ1) is 19.5. The number of hydrogen-bond donors (Lipinski definition) is 2. The highest BCUT2D eigenvalue weighted by Crippen LogP contribution is 2.43. The average Bonchev–Trinajstić information content (AvgIpc) is 2.95. The third-order valence-electron chi connectivity index (χ3n) is 5.40. The third-order valence-corrected chi connectivity index (χ3v) is 6.48. The summed E-state index contributed by atoms with van der Waals surface area (Å²) in [6.45, 7) is 6.84. The predicted octanol–water partition coefficient (Wildman–Crippen LogP) is 4.75. The van der Waals surface area contributed by atoms with Crippen molar-refractivity contribution in [1.82, 2.24) is 0 Å². The second-order valence-electron chi connectivity index (χ2n) is 8.07. The maximum absolute atomic E-state index is 13.0. The van der Waals surface area contributed by atoms with Gasteiger partial charge in [-0.15, -0.1) is 11.3 Å². The summed E-state index contributed by atoms with van der Waals surface area (Å²) in [4.78, 5) is 14.3. The average molecular weight is 389 g/mol. The first-order valence-corrected chi connectivity index (χ1v) is 9.99. The minimum absolute atomic E-state index is 0.189. The molecule has 6 heteroatoms. The SMILES string of the molecule is COc1ccc(OC)c(NC(=O)c2c(N)sc3c2CC[C@@H](C(C)(C)C)C3)c1. The van der Waals surface area contributed by atoms with Crippen LogP contribution in [0, 0.1) is 11.3 Å². The van der Waals surface area contributed by atoms with Gasteiger partial charge in [-0.25, -0.2) is 0 Å². The summed E-state index contributed by atoms with van der Waals surface area (Å²) in [7, 11) is 3.16. The minimum atomic E-state index is -0.189. The molecule has 1 amide bonds. The highest BCUT2D eigenvalue weighted by Gasteiger charge is 2.33. The van der Waals surface area contributed by atoms with Gasteiger partial charge in [-0.05, 0) is 48.3 Å². The van der Waals surface area contributed by atoms with E-state index in [1.165, 1.54) is 4.88 Å². The molecule has 0 saturated carbocycles. The lowest BCUT2D eigenvalue weighted by Gasteiger charge is -2.33. The first-order chi connectivity index (χ1) is 12.7. The van der Waals surface area contributed by atoms with E-state index in [2.05, 4.69) is 26.1 Å². The van der Waals surface area contributed by atoms with Crippen molar-refractivity contribution < 1.29 is 14.3 Å². The molecule has 3 rings (SSSR count). The molecule has 3 N–H and O–H groups in total. The highest BCUT2D eigenvalue weighted by molar-refractivity contribution is 7.16. The van der Waals surface area contributed by atoms with Gasteiger partial charge in [0.1, 0.15) is 11.5 Å². The standard InChI is InChI=1S/C21H28N2O3S/c1-21(2,3)12-6-8-14-17(10-12)27-19(22)18(14)20(24)23-15-11-13(25-4)7-9-16(15)26-5/h7,9,11-12H,6,8,10,22H2,1-5H3,(H,23,24)/t12-/m1/s1. The van der Waals surface area contributed by atoms with Crippen LogP contribution in [-0.2, 0) is 12.8 Å². The molecule has 1 aromatic carbocycles. The van der Waals surface area contributed by atoms with Gasteiger partial charge in [0.05, 0.1) is 30.5 Å². The maximum Gasteiger partial charge on any atom is 0.259 e. The summed E-state index contributed by atoms with van der Waals surface area (Å²) in [6.07, 6.45) is 2.96. The van der Waals surface area contributed by atoms with Crippen molar-refractivity contribution in [1.29, 1.82) is 0 Å². The van der Waals surface area contributed by atoms with Gasteiger partial charge < -0.3 is 20.5 Å². The zero-order valence-corrected chi connectivity index (χ0v) is 17.5. The monoisotopic (exact) mass is 388 g/mol. The molecule has 0 bridgehead atoms. The molecule has 0 unspecified atom stereocenters. The van der Waals surface area contributed by atoms with Gasteiger partial charge in [0, 0.05) is 10.9 Å². The lowest BCUT2D eigenvalue weighted by atomic mass is 9.72. The molecule has 27 heavy (non-hydrogen) atoms. The van der Waals surface area contributed by atoms with E-state index in [0.717, 1.165) is 24.8 Å². The molecule has 0 spiro atoms. The van der Waals surface area contributed by atoms with E-state index in [4.69, 9.17) is 15.2 Å². The Kier molecular flexibility index (Phi) is 5.38. The number of nitrogens with one attached hydrogen (secondary N) is 1.